The first kappa shape index (κ1) is 13.5. The van der Waals surface area contributed by atoms with Crippen LogP contribution in [-0.2, 0) is 0 Å². The van der Waals surface area contributed by atoms with Crippen LogP contribution in [-0.4, -0.2) is 21.7 Å². The van der Waals surface area contributed by atoms with Gasteiger partial charge in [0, 0.05) is 5.56 Å². The van der Waals surface area contributed by atoms with Gasteiger partial charge < -0.3 is 4.74 Å². The number of hydrogen-bond acceptors (Lipinski definition) is 4. The van der Waals surface area contributed by atoms with Crippen molar-refractivity contribution in [3.05, 3.63) is 71.0 Å². The molecule has 0 spiro atoms. The average Bonchev–Trinajstić information content (AvgIpc) is 2.62. The van der Waals surface area contributed by atoms with E-state index in [1.807, 2.05) is 36.4 Å². The van der Waals surface area contributed by atoms with E-state index < -0.39 is 0 Å². The third-order valence-corrected chi connectivity index (χ3v) is 3.75. The predicted octanol–water partition coefficient (Wildman–Crippen LogP) is 2.92. The van der Waals surface area contributed by atoms with Gasteiger partial charge in [-0.25, -0.2) is 4.98 Å². The van der Waals surface area contributed by atoms with Gasteiger partial charge in [0.2, 0.25) is 0 Å². The largest absolute Gasteiger partial charge is 0.494 e. The molecule has 0 aliphatic rings. The Labute approximate surface area is 131 Å². The van der Waals surface area contributed by atoms with E-state index >= 15 is 0 Å². The number of methoxy groups -OCH3 is 1. The maximum absolute atomic E-state index is 12.7. The molecule has 0 radical (unpaired) electrons. The number of aromatic nitrogens is 3. The summed E-state index contributed by atoms with van der Waals surface area (Å²) in [5.74, 6) is 0.578. The Morgan fingerprint density at radius 1 is 0.957 bits per heavy atom. The summed E-state index contributed by atoms with van der Waals surface area (Å²) in [5, 5.41) is 4.94. The van der Waals surface area contributed by atoms with Crippen LogP contribution in [0, 0.1) is 0 Å². The second kappa shape index (κ2) is 5.21. The van der Waals surface area contributed by atoms with Gasteiger partial charge in [-0.15, -0.1) is 0 Å². The Morgan fingerprint density at radius 2 is 1.78 bits per heavy atom. The lowest BCUT2D eigenvalue weighted by Gasteiger charge is -2.07. The van der Waals surface area contributed by atoms with Crippen molar-refractivity contribution in [1.82, 2.24) is 14.6 Å². The van der Waals surface area contributed by atoms with Gasteiger partial charge in [-0.05, 0) is 24.3 Å². The lowest BCUT2D eigenvalue weighted by atomic mass is 10.1. The summed E-state index contributed by atoms with van der Waals surface area (Å²) in [6.07, 6.45) is 0. The Bertz CT molecular complexity index is 1070. The van der Waals surface area contributed by atoms with Crippen LogP contribution in [0.3, 0.4) is 0 Å². The normalized spacial score (nSPS) is 11.0. The van der Waals surface area contributed by atoms with Gasteiger partial charge in [-0.3, -0.25) is 4.79 Å². The second-order valence-corrected chi connectivity index (χ2v) is 5.13. The monoisotopic (exact) mass is 303 g/mol. The van der Waals surface area contributed by atoms with E-state index in [-0.39, 0.29) is 5.56 Å². The molecule has 0 unspecified atom stereocenters. The minimum atomic E-state index is -0.207. The number of para-hydroxylation sites is 1. The van der Waals surface area contributed by atoms with E-state index in [0.29, 0.717) is 22.3 Å². The molecular formula is C18H13N3O2. The Morgan fingerprint density at radius 3 is 2.57 bits per heavy atom. The van der Waals surface area contributed by atoms with Crippen LogP contribution >= 0.6 is 0 Å². The first-order valence-corrected chi connectivity index (χ1v) is 7.20. The van der Waals surface area contributed by atoms with E-state index in [4.69, 9.17) is 4.74 Å². The van der Waals surface area contributed by atoms with Crippen molar-refractivity contribution in [3.63, 3.8) is 0 Å². The lowest BCUT2D eigenvalue weighted by Crippen LogP contribution is -2.18. The van der Waals surface area contributed by atoms with Gasteiger partial charge in [-0.1, -0.05) is 36.4 Å². The number of nitrogens with zero attached hydrogens (tertiary/aromatic N) is 3. The highest BCUT2D eigenvalue weighted by molar-refractivity contribution is 5.85. The molecule has 0 aliphatic carbocycles. The van der Waals surface area contributed by atoms with Crippen LogP contribution in [0.15, 0.2) is 65.5 Å². The molecule has 5 heteroatoms. The van der Waals surface area contributed by atoms with Crippen molar-refractivity contribution in [2.24, 2.45) is 0 Å². The lowest BCUT2D eigenvalue weighted by molar-refractivity contribution is 0.419. The molecule has 2 heterocycles. The van der Waals surface area contributed by atoms with Gasteiger partial charge in [0.05, 0.1) is 18.2 Å². The number of benzene rings is 2. The molecule has 0 aliphatic heterocycles. The van der Waals surface area contributed by atoms with E-state index in [1.165, 1.54) is 4.52 Å². The number of hydrogen-bond donors (Lipinski definition) is 0. The van der Waals surface area contributed by atoms with Gasteiger partial charge >= 0.3 is 0 Å². The fraction of sp³-hybridized carbons (Fsp3) is 0.0556. The third-order valence-electron chi connectivity index (χ3n) is 3.75. The van der Waals surface area contributed by atoms with E-state index in [0.717, 1.165) is 11.3 Å². The van der Waals surface area contributed by atoms with E-state index in [1.54, 1.807) is 31.4 Å². The molecule has 0 fully saturated rings. The summed E-state index contributed by atoms with van der Waals surface area (Å²) in [6, 6.07) is 18.7. The van der Waals surface area contributed by atoms with Crippen LogP contribution in [0.2, 0.25) is 0 Å². The van der Waals surface area contributed by atoms with Crippen LogP contribution in [0.1, 0.15) is 0 Å². The average molecular weight is 303 g/mol. The summed E-state index contributed by atoms with van der Waals surface area (Å²) >= 11 is 0. The highest BCUT2D eigenvalue weighted by Crippen LogP contribution is 2.22. The Kier molecular flexibility index (Phi) is 3.05. The van der Waals surface area contributed by atoms with Crippen LogP contribution in [0.4, 0.5) is 0 Å². The van der Waals surface area contributed by atoms with Crippen molar-refractivity contribution >= 4 is 16.6 Å². The molecule has 0 atom stereocenters. The summed E-state index contributed by atoms with van der Waals surface area (Å²) in [7, 11) is 1.56. The quantitative estimate of drug-likeness (QED) is 0.534. The van der Waals surface area contributed by atoms with Crippen molar-refractivity contribution in [3.8, 4) is 17.0 Å². The first-order chi connectivity index (χ1) is 11.3. The molecule has 5 nitrogen and oxygen atoms in total. The topological polar surface area (TPSA) is 56.5 Å². The molecule has 0 saturated heterocycles. The van der Waals surface area contributed by atoms with Gasteiger partial charge in [0.25, 0.3) is 5.56 Å². The molecule has 0 amide bonds. The van der Waals surface area contributed by atoms with Crippen LogP contribution in [0.5, 0.6) is 5.75 Å². The van der Waals surface area contributed by atoms with E-state index in [9.17, 15) is 4.79 Å². The molecule has 0 saturated carbocycles. The van der Waals surface area contributed by atoms with Crippen molar-refractivity contribution in [2.75, 3.05) is 7.11 Å². The van der Waals surface area contributed by atoms with E-state index in [2.05, 4.69) is 10.1 Å². The minimum Gasteiger partial charge on any atom is -0.494 e. The van der Waals surface area contributed by atoms with Crippen molar-refractivity contribution in [2.45, 2.75) is 0 Å². The smallest absolute Gasteiger partial charge is 0.282 e. The van der Waals surface area contributed by atoms with Gasteiger partial charge in [0.1, 0.15) is 11.3 Å². The summed E-state index contributed by atoms with van der Waals surface area (Å²) in [4.78, 5) is 17.3. The molecule has 0 N–H and O–H groups in total. The van der Waals surface area contributed by atoms with Gasteiger partial charge in [-0.2, -0.15) is 9.61 Å². The number of fused-ring (bicyclic) bond motifs is 2. The molecule has 0 bridgehead atoms. The Balaban J connectivity index is 2.05. The standard InChI is InChI=1S/C18H13N3O2/c1-23-15-9-5-8-13-17(15)19-16-11-10-14(20-21(16)18(13)22)12-6-3-2-4-7-12/h2-11H,1H3. The van der Waals surface area contributed by atoms with Crippen molar-refractivity contribution in [1.29, 1.82) is 0 Å². The molecular weight excluding hydrogens is 290 g/mol. The second-order valence-electron chi connectivity index (χ2n) is 5.13. The summed E-state index contributed by atoms with van der Waals surface area (Å²) in [5.41, 5.74) is 2.51. The fourth-order valence-corrected chi connectivity index (χ4v) is 2.62. The summed E-state index contributed by atoms with van der Waals surface area (Å²) < 4.78 is 6.63. The number of rotatable bonds is 2. The maximum atomic E-state index is 12.7. The van der Waals surface area contributed by atoms with Gasteiger partial charge in [0.15, 0.2) is 5.65 Å². The third kappa shape index (κ3) is 2.14. The first-order valence-electron chi connectivity index (χ1n) is 7.20. The van der Waals surface area contributed by atoms with Crippen LogP contribution < -0.4 is 10.3 Å². The number of ether oxygens (including phenoxy) is 1. The van der Waals surface area contributed by atoms with Crippen molar-refractivity contribution < 1.29 is 4.74 Å². The fourth-order valence-electron chi connectivity index (χ4n) is 2.62. The zero-order chi connectivity index (χ0) is 15.8. The Hall–Kier alpha value is -3.21. The van der Waals surface area contributed by atoms with Crippen LogP contribution in [0.25, 0.3) is 27.8 Å². The molecule has 4 aromatic rings. The SMILES string of the molecule is COc1cccc2c(=O)n3nc(-c4ccccc4)ccc3nc12. The molecule has 23 heavy (non-hydrogen) atoms. The highest BCUT2D eigenvalue weighted by Gasteiger charge is 2.11. The highest BCUT2D eigenvalue weighted by atomic mass is 16.5. The predicted molar refractivity (Wildman–Crippen MR) is 88.8 cm³/mol. The molecule has 112 valence electrons. The molecule has 2 aromatic heterocycles. The molecule has 2 aromatic carbocycles. The maximum Gasteiger partial charge on any atom is 0.282 e. The minimum absolute atomic E-state index is 0.207. The summed E-state index contributed by atoms with van der Waals surface area (Å²) in [6.45, 7) is 0. The molecule has 4 rings (SSSR count). The zero-order valence-electron chi connectivity index (χ0n) is 12.4. The zero-order valence-corrected chi connectivity index (χ0v) is 12.4.